The first-order valence-electron chi connectivity index (χ1n) is 8.94. The first kappa shape index (κ1) is 16.5. The Balaban J connectivity index is 1.73. The summed E-state index contributed by atoms with van der Waals surface area (Å²) in [6, 6.07) is 0. The molecule has 3 aromatic rings. The minimum atomic E-state index is -0.253. The van der Waals surface area contributed by atoms with Gasteiger partial charge in [0.05, 0.1) is 30.9 Å². The van der Waals surface area contributed by atoms with Gasteiger partial charge < -0.3 is 19.4 Å². The first-order chi connectivity index (χ1) is 13.2. The second-order valence-electron chi connectivity index (χ2n) is 6.62. The largest absolute Gasteiger partial charge is 0.491 e. The third kappa shape index (κ3) is 2.65. The average Bonchev–Trinajstić information content (AvgIpc) is 3.30. The maximum Gasteiger partial charge on any atom is 0.270 e. The summed E-state index contributed by atoms with van der Waals surface area (Å²) in [6.45, 7) is 2.65. The highest BCUT2D eigenvalue weighted by molar-refractivity contribution is 7.22. The first-order valence-corrected chi connectivity index (χ1v) is 9.76. The molecule has 0 spiro atoms. The highest BCUT2D eigenvalue weighted by Crippen LogP contribution is 2.46. The minimum Gasteiger partial charge on any atom is -0.491 e. The average molecular weight is 386 g/mol. The fraction of sp³-hybridized carbons (Fsp3) is 0.389. The van der Waals surface area contributed by atoms with E-state index in [1.54, 1.807) is 17.3 Å². The summed E-state index contributed by atoms with van der Waals surface area (Å²) in [4.78, 5) is 31.4. The minimum absolute atomic E-state index is 0.142. The maximum absolute atomic E-state index is 13.1. The van der Waals surface area contributed by atoms with Gasteiger partial charge in [-0.05, 0) is 18.4 Å². The van der Waals surface area contributed by atoms with Crippen molar-refractivity contribution >= 4 is 27.3 Å². The number of H-pyrrole nitrogens is 2. The zero-order valence-electron chi connectivity index (χ0n) is 14.5. The molecule has 0 aromatic carbocycles. The molecule has 2 aliphatic rings. The summed E-state index contributed by atoms with van der Waals surface area (Å²) in [7, 11) is 0. The van der Waals surface area contributed by atoms with Gasteiger partial charge in [-0.1, -0.05) is 0 Å². The molecule has 2 aliphatic heterocycles. The number of carbonyl (C=O) groups excluding carboxylic acids is 1. The standard InChI is InChI=1S/C18H18N4O4S/c23-17-16-12-11(13(21-17)18(24)22-3-6-25-7-4-22)2-1-5-26-14(12)15(27-16)10-8-19-20-9-10/h8-9H,1-7H2,(H,19,20)(H,21,23). The molecule has 140 valence electrons. The molecule has 0 radical (unpaired) electrons. The number of hydrogen-bond donors (Lipinski definition) is 2. The van der Waals surface area contributed by atoms with Gasteiger partial charge in [0.2, 0.25) is 0 Å². The summed E-state index contributed by atoms with van der Waals surface area (Å²) >= 11 is 1.38. The van der Waals surface area contributed by atoms with Gasteiger partial charge in [-0.2, -0.15) is 5.10 Å². The monoisotopic (exact) mass is 386 g/mol. The lowest BCUT2D eigenvalue weighted by molar-refractivity contribution is 0.0298. The SMILES string of the molecule is O=C(c1[nH]c(=O)c2sc(-c3cn[nH]c3)c3c2c1CCCO3)N1CCOCC1. The van der Waals surface area contributed by atoms with Crippen LogP contribution >= 0.6 is 11.3 Å². The van der Waals surface area contributed by atoms with E-state index in [0.717, 1.165) is 27.8 Å². The van der Waals surface area contributed by atoms with Gasteiger partial charge in [-0.15, -0.1) is 11.3 Å². The molecule has 0 aliphatic carbocycles. The Hall–Kier alpha value is -2.65. The lowest BCUT2D eigenvalue weighted by Gasteiger charge is -2.27. The Morgan fingerprint density at radius 1 is 1.26 bits per heavy atom. The molecule has 1 amide bonds. The molecule has 0 unspecified atom stereocenters. The van der Waals surface area contributed by atoms with E-state index in [0.29, 0.717) is 55.5 Å². The van der Waals surface area contributed by atoms with Crippen LogP contribution in [0.2, 0.25) is 0 Å². The molecule has 8 nitrogen and oxygen atoms in total. The molecule has 3 aromatic heterocycles. The van der Waals surface area contributed by atoms with E-state index in [1.165, 1.54) is 11.3 Å². The van der Waals surface area contributed by atoms with Crippen LogP contribution in [0.3, 0.4) is 0 Å². The van der Waals surface area contributed by atoms with Crippen molar-refractivity contribution in [2.75, 3.05) is 32.9 Å². The number of hydrogen-bond acceptors (Lipinski definition) is 6. The molecule has 0 atom stereocenters. The van der Waals surface area contributed by atoms with Gasteiger partial charge in [-0.25, -0.2) is 0 Å². The van der Waals surface area contributed by atoms with E-state index >= 15 is 0 Å². The quantitative estimate of drug-likeness (QED) is 0.699. The van der Waals surface area contributed by atoms with Crippen molar-refractivity contribution in [3.05, 3.63) is 34.0 Å². The van der Waals surface area contributed by atoms with Crippen molar-refractivity contribution in [3.63, 3.8) is 0 Å². The Labute approximate surface area is 158 Å². The lowest BCUT2D eigenvalue weighted by atomic mass is 10.0. The fourth-order valence-electron chi connectivity index (χ4n) is 3.70. The zero-order valence-corrected chi connectivity index (χ0v) is 15.4. The van der Waals surface area contributed by atoms with Crippen LogP contribution in [0, 0.1) is 0 Å². The normalized spacial score (nSPS) is 17.0. The fourth-order valence-corrected chi connectivity index (χ4v) is 4.85. The summed E-state index contributed by atoms with van der Waals surface area (Å²) < 4.78 is 12.0. The number of aryl methyl sites for hydroxylation is 1. The molecule has 0 saturated carbocycles. The molecule has 27 heavy (non-hydrogen) atoms. The molecule has 1 saturated heterocycles. The Morgan fingerprint density at radius 3 is 2.89 bits per heavy atom. The summed E-state index contributed by atoms with van der Waals surface area (Å²) in [5, 5.41) is 7.58. The zero-order chi connectivity index (χ0) is 18.4. The van der Waals surface area contributed by atoms with E-state index in [9.17, 15) is 9.59 Å². The van der Waals surface area contributed by atoms with Crippen molar-refractivity contribution in [2.45, 2.75) is 12.8 Å². The van der Waals surface area contributed by atoms with Crippen LogP contribution in [0.4, 0.5) is 0 Å². The number of ether oxygens (including phenoxy) is 2. The van der Waals surface area contributed by atoms with Crippen molar-refractivity contribution < 1.29 is 14.3 Å². The number of nitrogens with one attached hydrogen (secondary N) is 2. The Bertz CT molecular complexity index is 1060. The molecule has 5 heterocycles. The van der Waals surface area contributed by atoms with Gasteiger partial charge in [0.25, 0.3) is 11.5 Å². The Kier molecular flexibility index (Phi) is 3.98. The van der Waals surface area contributed by atoms with Crippen molar-refractivity contribution in [3.8, 4) is 16.2 Å². The second-order valence-corrected chi connectivity index (χ2v) is 7.64. The van der Waals surface area contributed by atoms with Gasteiger partial charge >= 0.3 is 0 Å². The molecule has 5 rings (SSSR count). The van der Waals surface area contributed by atoms with Gasteiger partial charge in [0.15, 0.2) is 0 Å². The Morgan fingerprint density at radius 2 is 2.11 bits per heavy atom. The summed E-state index contributed by atoms with van der Waals surface area (Å²) in [5.74, 6) is 0.544. The van der Waals surface area contributed by atoms with Crippen LogP contribution in [-0.4, -0.2) is 58.9 Å². The summed E-state index contributed by atoms with van der Waals surface area (Å²) in [6.07, 6.45) is 4.97. The van der Waals surface area contributed by atoms with Crippen LogP contribution in [0.1, 0.15) is 22.5 Å². The third-order valence-corrected chi connectivity index (χ3v) is 6.22. The molecule has 9 heteroatoms. The summed E-state index contributed by atoms with van der Waals surface area (Å²) in [5.41, 5.74) is 1.88. The van der Waals surface area contributed by atoms with E-state index in [2.05, 4.69) is 15.2 Å². The lowest BCUT2D eigenvalue weighted by Crippen LogP contribution is -2.41. The second kappa shape index (κ2) is 6.50. The van der Waals surface area contributed by atoms with Crippen LogP contribution in [-0.2, 0) is 11.2 Å². The third-order valence-electron chi connectivity index (χ3n) is 5.00. The number of pyridine rings is 1. The molecule has 1 fully saturated rings. The predicted octanol–water partition coefficient (Wildman–Crippen LogP) is 1.78. The molecule has 0 bridgehead atoms. The number of rotatable bonds is 2. The number of aromatic amines is 2. The highest BCUT2D eigenvalue weighted by atomic mass is 32.1. The number of amides is 1. The van der Waals surface area contributed by atoms with Crippen LogP contribution in [0.25, 0.3) is 20.5 Å². The number of nitrogens with zero attached hydrogens (tertiary/aromatic N) is 2. The molecular weight excluding hydrogens is 368 g/mol. The predicted molar refractivity (Wildman–Crippen MR) is 101 cm³/mol. The number of aromatic nitrogens is 3. The van der Waals surface area contributed by atoms with Crippen molar-refractivity contribution in [1.82, 2.24) is 20.1 Å². The molecule has 2 N–H and O–H groups in total. The van der Waals surface area contributed by atoms with E-state index in [4.69, 9.17) is 9.47 Å². The number of carbonyl (C=O) groups is 1. The van der Waals surface area contributed by atoms with E-state index in [1.807, 2.05) is 0 Å². The number of morpholine rings is 1. The van der Waals surface area contributed by atoms with Crippen LogP contribution < -0.4 is 10.3 Å². The highest BCUT2D eigenvalue weighted by Gasteiger charge is 2.29. The van der Waals surface area contributed by atoms with Crippen LogP contribution in [0.15, 0.2) is 17.2 Å². The van der Waals surface area contributed by atoms with Gasteiger partial charge in [0, 0.05) is 30.2 Å². The van der Waals surface area contributed by atoms with Crippen molar-refractivity contribution in [2.24, 2.45) is 0 Å². The van der Waals surface area contributed by atoms with Crippen LogP contribution in [0.5, 0.6) is 5.75 Å². The maximum atomic E-state index is 13.1. The van der Waals surface area contributed by atoms with Crippen molar-refractivity contribution in [1.29, 1.82) is 0 Å². The van der Waals surface area contributed by atoms with E-state index < -0.39 is 0 Å². The number of thiophene rings is 1. The topological polar surface area (TPSA) is 100 Å². The van der Waals surface area contributed by atoms with Gasteiger partial charge in [0.1, 0.15) is 16.1 Å². The van der Waals surface area contributed by atoms with Gasteiger partial charge in [-0.3, -0.25) is 14.7 Å². The van der Waals surface area contributed by atoms with E-state index in [-0.39, 0.29) is 11.5 Å². The molecular formula is C18H18N4O4S. The smallest absolute Gasteiger partial charge is 0.270 e.